The van der Waals surface area contributed by atoms with Crippen LogP contribution in [0.2, 0.25) is 0 Å². The van der Waals surface area contributed by atoms with Crippen molar-refractivity contribution in [2.45, 2.75) is 11.0 Å². The van der Waals surface area contributed by atoms with Gasteiger partial charge in [-0.2, -0.15) is 0 Å². The van der Waals surface area contributed by atoms with Crippen molar-refractivity contribution in [3.63, 3.8) is 0 Å². The molecule has 1 N–H and O–H groups in total. The summed E-state index contributed by atoms with van der Waals surface area (Å²) < 4.78 is 37.6. The zero-order valence-corrected chi connectivity index (χ0v) is 13.2. The van der Waals surface area contributed by atoms with E-state index in [1.165, 1.54) is 30.3 Å². The molecule has 1 atom stereocenters. The Balaban J connectivity index is 1.94. The lowest BCUT2D eigenvalue weighted by molar-refractivity contribution is -0.385. The van der Waals surface area contributed by atoms with E-state index in [0.29, 0.717) is 6.61 Å². The number of rotatable bonds is 7. The summed E-state index contributed by atoms with van der Waals surface area (Å²) in [7, 11) is -3.89. The first kappa shape index (κ1) is 16.2. The molecular weight excluding hydrogens is 336 g/mol. The van der Waals surface area contributed by atoms with E-state index in [0.717, 1.165) is 0 Å². The molecule has 1 aliphatic rings. The van der Waals surface area contributed by atoms with Gasteiger partial charge in [-0.25, -0.2) is 8.42 Å². The van der Waals surface area contributed by atoms with Gasteiger partial charge in [-0.1, -0.05) is 24.3 Å². The van der Waals surface area contributed by atoms with E-state index in [9.17, 15) is 18.5 Å². The molecular formula is C15H14N2O6S. The van der Waals surface area contributed by atoms with Crippen molar-refractivity contribution < 1.29 is 22.8 Å². The number of epoxide rings is 1. The molecule has 9 heteroatoms. The molecule has 1 fully saturated rings. The van der Waals surface area contributed by atoms with Crippen molar-refractivity contribution in [1.29, 1.82) is 0 Å². The number of hydrogen-bond donors (Lipinski definition) is 1. The monoisotopic (exact) mass is 350 g/mol. The maximum absolute atomic E-state index is 12.4. The molecule has 126 valence electrons. The number of anilines is 1. The fourth-order valence-electron chi connectivity index (χ4n) is 2.04. The zero-order valence-electron chi connectivity index (χ0n) is 12.4. The van der Waals surface area contributed by atoms with Gasteiger partial charge in [-0.15, -0.1) is 0 Å². The van der Waals surface area contributed by atoms with Crippen LogP contribution in [0.25, 0.3) is 0 Å². The van der Waals surface area contributed by atoms with Gasteiger partial charge < -0.3 is 9.47 Å². The average molecular weight is 350 g/mol. The maximum atomic E-state index is 12.4. The fraction of sp³-hybridized carbons (Fsp3) is 0.200. The summed E-state index contributed by atoms with van der Waals surface area (Å²) >= 11 is 0. The van der Waals surface area contributed by atoms with Gasteiger partial charge in [0.1, 0.15) is 12.7 Å². The highest BCUT2D eigenvalue weighted by Crippen LogP contribution is 2.36. The Kier molecular flexibility index (Phi) is 4.36. The summed E-state index contributed by atoms with van der Waals surface area (Å²) in [6.45, 7) is 0.636. The van der Waals surface area contributed by atoms with E-state index in [2.05, 4.69) is 4.72 Å². The van der Waals surface area contributed by atoms with Crippen molar-refractivity contribution in [3.05, 3.63) is 58.6 Å². The predicted molar refractivity (Wildman–Crippen MR) is 85.6 cm³/mol. The van der Waals surface area contributed by atoms with Gasteiger partial charge in [-0.05, 0) is 18.2 Å². The normalized spacial score (nSPS) is 16.4. The summed E-state index contributed by atoms with van der Waals surface area (Å²) in [4.78, 5) is 10.6. The van der Waals surface area contributed by atoms with Gasteiger partial charge in [0.2, 0.25) is 5.75 Å². The summed E-state index contributed by atoms with van der Waals surface area (Å²) in [6.07, 6.45) is -0.122. The number of nitrogens with zero attached hydrogens (tertiary/aromatic N) is 1. The van der Waals surface area contributed by atoms with Crippen LogP contribution in [0.5, 0.6) is 5.75 Å². The molecule has 1 saturated heterocycles. The Hall–Kier alpha value is -2.65. The first-order valence-electron chi connectivity index (χ1n) is 7.07. The van der Waals surface area contributed by atoms with Gasteiger partial charge >= 0.3 is 5.69 Å². The van der Waals surface area contributed by atoms with Crippen LogP contribution in [0.1, 0.15) is 0 Å². The van der Waals surface area contributed by atoms with Crippen molar-refractivity contribution >= 4 is 21.4 Å². The van der Waals surface area contributed by atoms with Crippen LogP contribution in [0.4, 0.5) is 11.4 Å². The van der Waals surface area contributed by atoms with E-state index < -0.39 is 14.9 Å². The minimum atomic E-state index is -3.89. The molecule has 1 heterocycles. The molecule has 0 bridgehead atoms. The standard InChI is InChI=1S/C15H14N2O6S/c18-17(19)14-8-4-7-13(15(14)23-10-11-9-22-11)16-24(20,21)12-5-2-1-3-6-12/h1-8,11,16H,9-10H2. The van der Waals surface area contributed by atoms with Gasteiger partial charge in [0, 0.05) is 6.07 Å². The van der Waals surface area contributed by atoms with E-state index in [1.54, 1.807) is 18.2 Å². The summed E-state index contributed by atoms with van der Waals surface area (Å²) in [5, 5.41) is 11.2. The number of benzene rings is 2. The lowest BCUT2D eigenvalue weighted by atomic mass is 10.2. The molecule has 0 amide bonds. The van der Waals surface area contributed by atoms with Crippen molar-refractivity contribution in [1.82, 2.24) is 0 Å². The highest BCUT2D eigenvalue weighted by molar-refractivity contribution is 7.92. The SMILES string of the molecule is O=[N+]([O-])c1cccc(NS(=O)(=O)c2ccccc2)c1OCC1CO1. The van der Waals surface area contributed by atoms with Crippen LogP contribution in [-0.4, -0.2) is 32.7 Å². The Morgan fingerprint density at radius 3 is 2.54 bits per heavy atom. The van der Waals surface area contributed by atoms with Crippen molar-refractivity contribution in [3.8, 4) is 5.75 Å². The van der Waals surface area contributed by atoms with Gasteiger partial charge in [0.25, 0.3) is 10.0 Å². The second-order valence-electron chi connectivity index (χ2n) is 5.10. The van der Waals surface area contributed by atoms with Crippen LogP contribution in [0.3, 0.4) is 0 Å². The predicted octanol–water partition coefficient (Wildman–Crippen LogP) is 2.17. The molecule has 24 heavy (non-hydrogen) atoms. The number of ether oxygens (including phenoxy) is 2. The van der Waals surface area contributed by atoms with Gasteiger partial charge in [0.05, 0.1) is 22.1 Å². The van der Waals surface area contributed by atoms with Crippen LogP contribution >= 0.6 is 0 Å². The van der Waals surface area contributed by atoms with Crippen LogP contribution in [-0.2, 0) is 14.8 Å². The Bertz CT molecular complexity index is 850. The van der Waals surface area contributed by atoms with E-state index in [4.69, 9.17) is 9.47 Å². The van der Waals surface area contributed by atoms with Crippen LogP contribution in [0, 0.1) is 10.1 Å². The van der Waals surface area contributed by atoms with Crippen molar-refractivity contribution in [2.75, 3.05) is 17.9 Å². The Labute approximate surface area is 138 Å². The molecule has 0 aromatic heterocycles. The number of hydrogen-bond acceptors (Lipinski definition) is 6. The second kappa shape index (κ2) is 6.46. The first-order valence-corrected chi connectivity index (χ1v) is 8.55. The van der Waals surface area contributed by atoms with Crippen LogP contribution in [0.15, 0.2) is 53.4 Å². The quantitative estimate of drug-likeness (QED) is 0.465. The lowest BCUT2D eigenvalue weighted by Gasteiger charge is -2.13. The molecule has 0 aliphatic carbocycles. The highest BCUT2D eigenvalue weighted by atomic mass is 32.2. The molecule has 2 aromatic carbocycles. The smallest absolute Gasteiger partial charge is 0.313 e. The minimum Gasteiger partial charge on any atom is -0.482 e. The average Bonchev–Trinajstić information content (AvgIpc) is 3.38. The first-order chi connectivity index (χ1) is 11.5. The number of nitrogens with one attached hydrogen (secondary N) is 1. The highest BCUT2D eigenvalue weighted by Gasteiger charge is 2.28. The topological polar surface area (TPSA) is 111 Å². The minimum absolute atomic E-state index is 0.00806. The van der Waals surface area contributed by atoms with E-state index in [-0.39, 0.29) is 34.7 Å². The maximum Gasteiger partial charge on any atom is 0.313 e. The molecule has 1 unspecified atom stereocenters. The molecule has 0 radical (unpaired) electrons. The molecule has 0 spiro atoms. The Morgan fingerprint density at radius 2 is 1.92 bits per heavy atom. The van der Waals surface area contributed by atoms with Gasteiger partial charge in [0.15, 0.2) is 0 Å². The third kappa shape index (κ3) is 3.63. The number of sulfonamides is 1. The molecule has 8 nitrogen and oxygen atoms in total. The largest absolute Gasteiger partial charge is 0.482 e. The van der Waals surface area contributed by atoms with E-state index >= 15 is 0 Å². The van der Waals surface area contributed by atoms with Gasteiger partial charge in [-0.3, -0.25) is 14.8 Å². The molecule has 1 aliphatic heterocycles. The Morgan fingerprint density at radius 1 is 1.21 bits per heavy atom. The fourth-order valence-corrected chi connectivity index (χ4v) is 3.13. The molecule has 3 rings (SSSR count). The summed E-state index contributed by atoms with van der Waals surface area (Å²) in [5.74, 6) is -0.127. The van der Waals surface area contributed by atoms with Crippen molar-refractivity contribution in [2.24, 2.45) is 0 Å². The molecule has 2 aromatic rings. The van der Waals surface area contributed by atoms with Crippen LogP contribution < -0.4 is 9.46 Å². The second-order valence-corrected chi connectivity index (χ2v) is 6.78. The number of nitro benzene ring substituents is 1. The third-order valence-corrected chi connectivity index (χ3v) is 4.69. The number of para-hydroxylation sites is 1. The van der Waals surface area contributed by atoms with E-state index in [1.807, 2.05) is 0 Å². The number of nitro groups is 1. The zero-order chi connectivity index (χ0) is 17.2. The third-order valence-electron chi connectivity index (χ3n) is 3.30. The molecule has 0 saturated carbocycles. The lowest BCUT2D eigenvalue weighted by Crippen LogP contribution is -2.15. The summed E-state index contributed by atoms with van der Waals surface area (Å²) in [5.41, 5.74) is -0.308. The summed E-state index contributed by atoms with van der Waals surface area (Å²) in [6, 6.07) is 11.8.